The number of hydrogen-bond donors (Lipinski definition) is 1. The lowest BCUT2D eigenvalue weighted by molar-refractivity contribution is 0.579. The van der Waals surface area contributed by atoms with Crippen molar-refractivity contribution in [2.45, 2.75) is 45.6 Å². The lowest BCUT2D eigenvalue weighted by Gasteiger charge is -2.07. The van der Waals surface area contributed by atoms with Crippen LogP contribution in [0, 0.1) is 0 Å². The molecule has 3 aromatic rings. The number of fused-ring (bicyclic) bond motifs is 1. The molecule has 3 rings (SSSR count). The lowest BCUT2D eigenvalue weighted by Crippen LogP contribution is -2.16. The van der Waals surface area contributed by atoms with Crippen molar-refractivity contribution in [3.63, 3.8) is 0 Å². The second-order valence-electron chi connectivity index (χ2n) is 6.29. The number of pyridine rings is 1. The molecule has 1 N–H and O–H groups in total. The summed E-state index contributed by atoms with van der Waals surface area (Å²) in [6.45, 7) is 4.18. The van der Waals surface area contributed by atoms with Crippen molar-refractivity contribution in [1.82, 2.24) is 14.7 Å². The van der Waals surface area contributed by atoms with Gasteiger partial charge in [-0.25, -0.2) is 4.98 Å². The molecule has 0 aliphatic heterocycles. The SMILES string of the molecule is CCCCCCCNCc1c(-c2ccccc2)nc2ccccn12. The van der Waals surface area contributed by atoms with Gasteiger partial charge in [-0.2, -0.15) is 0 Å². The maximum Gasteiger partial charge on any atom is 0.137 e. The molecule has 0 atom stereocenters. The first kappa shape index (κ1) is 16.7. The van der Waals surface area contributed by atoms with Crippen LogP contribution in [-0.2, 0) is 6.54 Å². The number of nitrogens with zero attached hydrogens (tertiary/aromatic N) is 2. The molecule has 3 nitrogen and oxygen atoms in total. The molecule has 0 unspecified atom stereocenters. The fourth-order valence-electron chi connectivity index (χ4n) is 3.10. The van der Waals surface area contributed by atoms with E-state index in [0.717, 1.165) is 24.4 Å². The molecule has 0 aliphatic rings. The topological polar surface area (TPSA) is 29.3 Å². The minimum Gasteiger partial charge on any atom is -0.311 e. The van der Waals surface area contributed by atoms with Gasteiger partial charge >= 0.3 is 0 Å². The van der Waals surface area contributed by atoms with E-state index >= 15 is 0 Å². The van der Waals surface area contributed by atoms with Gasteiger partial charge < -0.3 is 9.72 Å². The zero-order valence-corrected chi connectivity index (χ0v) is 14.5. The van der Waals surface area contributed by atoms with E-state index in [9.17, 15) is 0 Å². The van der Waals surface area contributed by atoms with Crippen LogP contribution in [0.4, 0.5) is 0 Å². The third-order valence-electron chi connectivity index (χ3n) is 4.43. The molecule has 3 heteroatoms. The summed E-state index contributed by atoms with van der Waals surface area (Å²) in [5.41, 5.74) is 4.52. The molecule has 0 fully saturated rings. The van der Waals surface area contributed by atoms with Crippen LogP contribution < -0.4 is 5.32 Å². The van der Waals surface area contributed by atoms with E-state index in [1.165, 1.54) is 43.4 Å². The Bertz CT molecular complexity index is 746. The second kappa shape index (κ2) is 8.65. The van der Waals surface area contributed by atoms with Crippen molar-refractivity contribution < 1.29 is 0 Å². The van der Waals surface area contributed by atoms with E-state index in [0.29, 0.717) is 0 Å². The van der Waals surface area contributed by atoms with Gasteiger partial charge in [0.05, 0.1) is 11.4 Å². The maximum atomic E-state index is 4.85. The van der Waals surface area contributed by atoms with Crippen LogP contribution in [0.15, 0.2) is 54.7 Å². The Morgan fingerprint density at radius 3 is 2.54 bits per heavy atom. The van der Waals surface area contributed by atoms with Crippen molar-refractivity contribution in [3.8, 4) is 11.3 Å². The fraction of sp³-hybridized carbons (Fsp3) is 0.381. The molecule has 2 heterocycles. The monoisotopic (exact) mass is 321 g/mol. The normalized spacial score (nSPS) is 11.2. The van der Waals surface area contributed by atoms with Gasteiger partial charge in [0.1, 0.15) is 5.65 Å². The largest absolute Gasteiger partial charge is 0.311 e. The highest BCUT2D eigenvalue weighted by molar-refractivity contribution is 5.66. The number of benzene rings is 1. The third-order valence-corrected chi connectivity index (χ3v) is 4.43. The molecular formula is C21H27N3. The summed E-state index contributed by atoms with van der Waals surface area (Å²) in [5.74, 6) is 0. The van der Waals surface area contributed by atoms with Gasteiger partial charge in [-0.15, -0.1) is 0 Å². The van der Waals surface area contributed by atoms with E-state index < -0.39 is 0 Å². The molecule has 0 spiro atoms. The Hall–Kier alpha value is -2.13. The fourth-order valence-corrected chi connectivity index (χ4v) is 3.10. The molecule has 0 saturated heterocycles. The standard InChI is InChI=1S/C21H27N3/c1-2-3-4-5-10-15-22-17-19-21(18-12-7-6-8-13-18)23-20-14-9-11-16-24(19)20/h6-9,11-14,16,22H,2-5,10,15,17H2,1H3. The predicted octanol–water partition coefficient (Wildman–Crippen LogP) is 5.06. The van der Waals surface area contributed by atoms with Gasteiger partial charge in [0, 0.05) is 18.3 Å². The average molecular weight is 321 g/mol. The summed E-state index contributed by atoms with van der Waals surface area (Å²) >= 11 is 0. The van der Waals surface area contributed by atoms with Crippen LogP contribution in [0.1, 0.15) is 44.7 Å². The molecule has 0 bridgehead atoms. The number of unbranched alkanes of at least 4 members (excludes halogenated alkanes) is 4. The van der Waals surface area contributed by atoms with Crippen LogP contribution >= 0.6 is 0 Å². The Labute approximate surface area is 144 Å². The van der Waals surface area contributed by atoms with Crippen molar-refractivity contribution >= 4 is 5.65 Å². The van der Waals surface area contributed by atoms with Crippen LogP contribution in [-0.4, -0.2) is 15.9 Å². The van der Waals surface area contributed by atoms with Gasteiger partial charge in [0.2, 0.25) is 0 Å². The first-order chi connectivity index (χ1) is 11.9. The molecule has 24 heavy (non-hydrogen) atoms. The van der Waals surface area contributed by atoms with Gasteiger partial charge in [-0.1, -0.05) is 69.0 Å². The van der Waals surface area contributed by atoms with E-state index in [2.05, 4.69) is 59.2 Å². The molecule has 0 radical (unpaired) electrons. The number of hydrogen-bond acceptors (Lipinski definition) is 2. The highest BCUT2D eigenvalue weighted by atomic mass is 15.0. The minimum absolute atomic E-state index is 0.850. The van der Waals surface area contributed by atoms with Crippen LogP contribution in [0.2, 0.25) is 0 Å². The number of rotatable bonds is 9. The van der Waals surface area contributed by atoms with E-state index in [1.54, 1.807) is 0 Å². The molecule has 0 amide bonds. The van der Waals surface area contributed by atoms with E-state index in [1.807, 2.05) is 12.1 Å². The van der Waals surface area contributed by atoms with Crippen LogP contribution in [0.3, 0.4) is 0 Å². The van der Waals surface area contributed by atoms with Crippen molar-refractivity contribution in [2.24, 2.45) is 0 Å². The summed E-state index contributed by atoms with van der Waals surface area (Å²) in [7, 11) is 0. The van der Waals surface area contributed by atoms with E-state index in [-0.39, 0.29) is 0 Å². The number of aromatic nitrogens is 2. The zero-order valence-electron chi connectivity index (χ0n) is 14.5. The van der Waals surface area contributed by atoms with Crippen molar-refractivity contribution in [1.29, 1.82) is 0 Å². The summed E-state index contributed by atoms with van der Waals surface area (Å²) in [6.07, 6.45) is 8.67. The van der Waals surface area contributed by atoms with Crippen LogP contribution in [0.5, 0.6) is 0 Å². The quantitative estimate of drug-likeness (QED) is 0.558. The molecular weight excluding hydrogens is 294 g/mol. The average Bonchev–Trinajstić information content (AvgIpc) is 3.00. The van der Waals surface area contributed by atoms with Gasteiger partial charge in [-0.3, -0.25) is 0 Å². The smallest absolute Gasteiger partial charge is 0.137 e. The van der Waals surface area contributed by atoms with Crippen molar-refractivity contribution in [2.75, 3.05) is 6.54 Å². The predicted molar refractivity (Wildman–Crippen MR) is 101 cm³/mol. The first-order valence-electron chi connectivity index (χ1n) is 9.12. The highest BCUT2D eigenvalue weighted by Gasteiger charge is 2.12. The van der Waals surface area contributed by atoms with Gasteiger partial charge in [0.15, 0.2) is 0 Å². The van der Waals surface area contributed by atoms with Crippen molar-refractivity contribution in [3.05, 3.63) is 60.4 Å². The Morgan fingerprint density at radius 1 is 0.917 bits per heavy atom. The minimum atomic E-state index is 0.850. The van der Waals surface area contributed by atoms with Crippen LogP contribution in [0.25, 0.3) is 16.9 Å². The summed E-state index contributed by atoms with van der Waals surface area (Å²) in [6, 6.07) is 16.6. The first-order valence-corrected chi connectivity index (χ1v) is 9.12. The highest BCUT2D eigenvalue weighted by Crippen LogP contribution is 2.24. The maximum absolute atomic E-state index is 4.85. The summed E-state index contributed by atoms with van der Waals surface area (Å²) in [5, 5.41) is 3.61. The number of imidazole rings is 1. The number of nitrogens with one attached hydrogen (secondary N) is 1. The Kier molecular flexibility index (Phi) is 6.02. The Balaban J connectivity index is 1.71. The molecule has 2 aromatic heterocycles. The molecule has 0 saturated carbocycles. The summed E-state index contributed by atoms with van der Waals surface area (Å²) < 4.78 is 2.20. The van der Waals surface area contributed by atoms with Gasteiger partial charge in [0.25, 0.3) is 0 Å². The zero-order chi connectivity index (χ0) is 16.6. The van der Waals surface area contributed by atoms with Gasteiger partial charge in [-0.05, 0) is 25.1 Å². The molecule has 0 aliphatic carbocycles. The molecule has 1 aromatic carbocycles. The third kappa shape index (κ3) is 4.04. The Morgan fingerprint density at radius 2 is 1.71 bits per heavy atom. The lowest BCUT2D eigenvalue weighted by atomic mass is 10.1. The molecule has 126 valence electrons. The van der Waals surface area contributed by atoms with E-state index in [4.69, 9.17) is 4.98 Å². The summed E-state index contributed by atoms with van der Waals surface area (Å²) in [4.78, 5) is 4.85. The second-order valence-corrected chi connectivity index (χ2v) is 6.29.